The van der Waals surface area contributed by atoms with Crippen molar-refractivity contribution in [3.8, 4) is 0 Å². The maximum Gasteiger partial charge on any atom is 0.250 e. The van der Waals surface area contributed by atoms with Gasteiger partial charge in [-0.15, -0.1) is 0 Å². The number of primary amides is 1. The molecule has 2 aromatic carbocycles. The van der Waals surface area contributed by atoms with Crippen molar-refractivity contribution in [1.29, 1.82) is 0 Å². The van der Waals surface area contributed by atoms with Crippen molar-refractivity contribution in [2.75, 3.05) is 4.90 Å². The number of nitrogens with one attached hydrogen (secondary N) is 3. The molecular formula is C28H34N8O3. The molecule has 7 N–H and O–H groups in total. The smallest absolute Gasteiger partial charge is 0.250 e. The van der Waals surface area contributed by atoms with E-state index in [1.165, 1.54) is 17.6 Å². The van der Waals surface area contributed by atoms with Gasteiger partial charge in [0.25, 0.3) is 0 Å². The molecule has 204 valence electrons. The monoisotopic (exact) mass is 530 g/mol. The normalized spacial score (nSPS) is 13.6. The van der Waals surface area contributed by atoms with Crippen LogP contribution in [0.5, 0.6) is 0 Å². The number of aromatic amines is 2. The first-order valence-corrected chi connectivity index (χ1v) is 12.8. The largest absolute Gasteiger partial charge is 0.368 e. The lowest BCUT2D eigenvalue weighted by molar-refractivity contribution is -0.130. The number of imidazole rings is 2. The van der Waals surface area contributed by atoms with Crippen LogP contribution in [0.1, 0.15) is 31.7 Å². The summed E-state index contributed by atoms with van der Waals surface area (Å²) in [5, 5.41) is 4.71. The van der Waals surface area contributed by atoms with Crippen LogP contribution in [-0.4, -0.2) is 55.8 Å². The van der Waals surface area contributed by atoms with Gasteiger partial charge in [0.05, 0.1) is 18.7 Å². The Kier molecular flexibility index (Phi) is 8.72. The standard InChI is InChI=1S/C28H34N8O3/c1-17(2)9-24(35-27(38)23(29)11-20-13-31-15-33-20)28(39)36(25(26(30)37)12-21-14-32-16-34-21)22-8-7-18-5-3-4-6-19(18)10-22/h3-8,10,13-17,23-25H,9,11-12,29H2,1-2H3,(H2,30,37)(H,31,33)(H,32,34)(H,35,38)/t23-,24-,25-/m0/s1. The molecule has 0 bridgehead atoms. The average molecular weight is 531 g/mol. The number of hydrogen-bond acceptors (Lipinski definition) is 6. The Morgan fingerprint density at radius 3 is 2.18 bits per heavy atom. The molecule has 0 spiro atoms. The van der Waals surface area contributed by atoms with Crippen LogP contribution in [0.3, 0.4) is 0 Å². The Morgan fingerprint density at radius 2 is 1.59 bits per heavy atom. The molecule has 4 aromatic rings. The van der Waals surface area contributed by atoms with Gasteiger partial charge in [0, 0.05) is 42.3 Å². The van der Waals surface area contributed by atoms with Crippen molar-refractivity contribution in [3.63, 3.8) is 0 Å². The Hall–Kier alpha value is -4.51. The summed E-state index contributed by atoms with van der Waals surface area (Å²) in [5.41, 5.74) is 13.9. The SMILES string of the molecule is CC(C)C[C@H](NC(=O)[C@@H](N)Cc1cnc[nH]1)C(=O)N(c1ccc2ccccc2c1)[C@@H](Cc1cnc[nH]1)C(N)=O. The van der Waals surface area contributed by atoms with Gasteiger partial charge in [-0.3, -0.25) is 19.3 Å². The van der Waals surface area contributed by atoms with Gasteiger partial charge in [-0.2, -0.15) is 0 Å². The van der Waals surface area contributed by atoms with E-state index in [9.17, 15) is 14.4 Å². The van der Waals surface area contributed by atoms with Crippen LogP contribution in [0.2, 0.25) is 0 Å². The van der Waals surface area contributed by atoms with Crippen LogP contribution in [0.25, 0.3) is 10.8 Å². The first-order chi connectivity index (χ1) is 18.7. The molecule has 0 saturated heterocycles. The fourth-order valence-corrected chi connectivity index (χ4v) is 4.58. The van der Waals surface area contributed by atoms with E-state index < -0.39 is 35.8 Å². The van der Waals surface area contributed by atoms with E-state index in [2.05, 4.69) is 25.3 Å². The second kappa shape index (κ2) is 12.4. The van der Waals surface area contributed by atoms with Crippen molar-refractivity contribution in [2.45, 2.75) is 51.2 Å². The minimum atomic E-state index is -1.04. The molecular weight excluding hydrogens is 496 g/mol. The summed E-state index contributed by atoms with van der Waals surface area (Å²) < 4.78 is 0. The molecule has 3 amide bonds. The number of nitrogens with two attached hydrogens (primary N) is 2. The van der Waals surface area contributed by atoms with Crippen LogP contribution >= 0.6 is 0 Å². The molecule has 4 rings (SSSR count). The van der Waals surface area contributed by atoms with Crippen molar-refractivity contribution in [1.82, 2.24) is 25.3 Å². The Labute approximate surface area is 226 Å². The topological polar surface area (TPSA) is 176 Å². The molecule has 0 unspecified atom stereocenters. The molecule has 3 atom stereocenters. The summed E-state index contributed by atoms with van der Waals surface area (Å²) in [6.45, 7) is 3.90. The molecule has 0 saturated carbocycles. The number of carbonyl (C=O) groups is 3. The molecule has 0 aliphatic carbocycles. The minimum Gasteiger partial charge on any atom is -0.368 e. The van der Waals surface area contributed by atoms with Crippen molar-refractivity contribution >= 4 is 34.2 Å². The highest BCUT2D eigenvalue weighted by molar-refractivity contribution is 6.05. The lowest BCUT2D eigenvalue weighted by Gasteiger charge is -2.34. The van der Waals surface area contributed by atoms with Crippen LogP contribution in [0.15, 0.2) is 67.5 Å². The predicted molar refractivity (Wildman–Crippen MR) is 148 cm³/mol. The predicted octanol–water partition coefficient (Wildman–Crippen LogP) is 1.82. The third-order valence-corrected chi connectivity index (χ3v) is 6.51. The summed E-state index contributed by atoms with van der Waals surface area (Å²) >= 11 is 0. The highest BCUT2D eigenvalue weighted by atomic mass is 16.2. The highest BCUT2D eigenvalue weighted by Gasteiger charge is 2.36. The summed E-state index contributed by atoms with van der Waals surface area (Å²) in [6, 6.07) is 10.3. The molecule has 0 aliphatic heterocycles. The van der Waals surface area contributed by atoms with E-state index in [1.54, 1.807) is 18.5 Å². The number of amides is 3. The van der Waals surface area contributed by atoms with Crippen molar-refractivity contribution in [3.05, 3.63) is 78.9 Å². The number of carbonyl (C=O) groups excluding carboxylic acids is 3. The molecule has 0 fully saturated rings. The number of nitrogens with zero attached hydrogens (tertiary/aromatic N) is 3. The fourth-order valence-electron chi connectivity index (χ4n) is 4.58. The fraction of sp³-hybridized carbons (Fsp3) is 0.321. The first-order valence-electron chi connectivity index (χ1n) is 12.8. The molecule has 2 heterocycles. The van der Waals surface area contributed by atoms with E-state index in [0.717, 1.165) is 10.8 Å². The summed E-state index contributed by atoms with van der Waals surface area (Å²) in [4.78, 5) is 55.5. The van der Waals surface area contributed by atoms with Gasteiger partial charge in [-0.1, -0.05) is 44.2 Å². The van der Waals surface area contributed by atoms with E-state index in [0.29, 0.717) is 23.5 Å². The van der Waals surface area contributed by atoms with E-state index in [4.69, 9.17) is 11.5 Å². The minimum absolute atomic E-state index is 0.0566. The second-order valence-corrected chi connectivity index (χ2v) is 10.0. The van der Waals surface area contributed by atoms with Gasteiger partial charge in [0.2, 0.25) is 17.7 Å². The maximum atomic E-state index is 14.3. The van der Waals surface area contributed by atoms with Crippen molar-refractivity contribution in [2.24, 2.45) is 17.4 Å². The number of benzene rings is 2. The van der Waals surface area contributed by atoms with Gasteiger partial charge >= 0.3 is 0 Å². The van der Waals surface area contributed by atoms with E-state index in [1.807, 2.05) is 50.2 Å². The maximum absolute atomic E-state index is 14.3. The number of anilines is 1. The summed E-state index contributed by atoms with van der Waals surface area (Å²) in [5.74, 6) is -1.56. The Balaban J connectivity index is 1.70. The number of rotatable bonds is 12. The summed E-state index contributed by atoms with van der Waals surface area (Å²) in [7, 11) is 0. The number of aromatic nitrogens is 4. The highest BCUT2D eigenvalue weighted by Crippen LogP contribution is 2.26. The van der Waals surface area contributed by atoms with Gasteiger partial charge in [-0.05, 0) is 35.2 Å². The second-order valence-electron chi connectivity index (χ2n) is 10.0. The lowest BCUT2D eigenvalue weighted by Crippen LogP contribution is -2.58. The Bertz CT molecular complexity index is 1400. The molecule has 11 heteroatoms. The number of fused-ring (bicyclic) bond motifs is 1. The third kappa shape index (κ3) is 6.88. The zero-order valence-corrected chi connectivity index (χ0v) is 22.0. The van der Waals surface area contributed by atoms with Gasteiger partial charge in [-0.25, -0.2) is 9.97 Å². The lowest BCUT2D eigenvalue weighted by atomic mass is 9.98. The van der Waals surface area contributed by atoms with Crippen LogP contribution in [0, 0.1) is 5.92 Å². The molecule has 2 aromatic heterocycles. The molecule has 11 nitrogen and oxygen atoms in total. The van der Waals surface area contributed by atoms with Crippen molar-refractivity contribution < 1.29 is 14.4 Å². The van der Waals surface area contributed by atoms with Gasteiger partial charge < -0.3 is 26.8 Å². The number of H-pyrrole nitrogens is 2. The zero-order chi connectivity index (χ0) is 27.9. The quantitative estimate of drug-likeness (QED) is 0.187. The van der Waals surface area contributed by atoms with Gasteiger partial charge in [0.15, 0.2) is 0 Å². The molecule has 39 heavy (non-hydrogen) atoms. The number of hydrogen-bond donors (Lipinski definition) is 5. The third-order valence-electron chi connectivity index (χ3n) is 6.51. The van der Waals surface area contributed by atoms with Crippen LogP contribution in [-0.2, 0) is 27.2 Å². The molecule has 0 aliphatic rings. The molecule has 0 radical (unpaired) electrons. The Morgan fingerprint density at radius 1 is 0.949 bits per heavy atom. The summed E-state index contributed by atoms with van der Waals surface area (Å²) in [6.07, 6.45) is 6.87. The van der Waals surface area contributed by atoms with E-state index in [-0.39, 0.29) is 18.8 Å². The van der Waals surface area contributed by atoms with Crippen LogP contribution in [0.4, 0.5) is 5.69 Å². The zero-order valence-electron chi connectivity index (χ0n) is 22.0. The van der Waals surface area contributed by atoms with Crippen LogP contribution < -0.4 is 21.7 Å². The van der Waals surface area contributed by atoms with E-state index >= 15 is 0 Å². The first kappa shape index (κ1) is 27.5. The average Bonchev–Trinajstić information content (AvgIpc) is 3.62. The van der Waals surface area contributed by atoms with Gasteiger partial charge in [0.1, 0.15) is 12.1 Å².